The van der Waals surface area contributed by atoms with E-state index >= 15 is 0 Å². The Morgan fingerprint density at radius 3 is 2.53 bits per heavy atom. The molecular weight excluding hydrogens is 325 g/mol. The lowest BCUT2D eigenvalue weighted by Crippen LogP contribution is -2.60. The molecule has 0 aromatic heterocycles. The summed E-state index contributed by atoms with van der Waals surface area (Å²) in [5.41, 5.74) is 1.60. The average molecular weight is 345 g/mol. The smallest absolute Gasteiger partial charge is 0.0652 e. The SMILES string of the molecule is COC1CC(NCc2ccc(I)cc2)C1(C)C. The van der Waals surface area contributed by atoms with Gasteiger partial charge in [0, 0.05) is 28.7 Å². The molecule has 0 aliphatic heterocycles. The molecule has 2 nitrogen and oxygen atoms in total. The molecule has 2 atom stereocenters. The Bertz CT molecular complexity index is 374. The van der Waals surface area contributed by atoms with Crippen LogP contribution in [0, 0.1) is 8.99 Å². The molecule has 0 radical (unpaired) electrons. The van der Waals surface area contributed by atoms with Crippen LogP contribution in [0.15, 0.2) is 24.3 Å². The molecule has 0 saturated heterocycles. The van der Waals surface area contributed by atoms with Crippen molar-refractivity contribution in [2.45, 2.75) is 39.0 Å². The van der Waals surface area contributed by atoms with Gasteiger partial charge in [-0.3, -0.25) is 0 Å². The lowest BCUT2D eigenvalue weighted by Gasteiger charge is -2.51. The minimum atomic E-state index is 0.248. The van der Waals surface area contributed by atoms with E-state index in [2.05, 4.69) is 66.0 Å². The molecule has 3 heteroatoms. The molecule has 1 saturated carbocycles. The Balaban J connectivity index is 1.86. The van der Waals surface area contributed by atoms with Crippen LogP contribution >= 0.6 is 22.6 Å². The summed E-state index contributed by atoms with van der Waals surface area (Å²) in [6, 6.07) is 9.25. The first kappa shape index (κ1) is 13.3. The highest BCUT2D eigenvalue weighted by Crippen LogP contribution is 2.42. The number of halogens is 1. The summed E-state index contributed by atoms with van der Waals surface area (Å²) in [7, 11) is 1.81. The fourth-order valence-corrected chi connectivity index (χ4v) is 2.83. The lowest BCUT2D eigenvalue weighted by atomic mass is 9.64. The summed E-state index contributed by atoms with van der Waals surface area (Å²) >= 11 is 2.33. The maximum absolute atomic E-state index is 5.46. The van der Waals surface area contributed by atoms with Crippen molar-refractivity contribution < 1.29 is 4.74 Å². The molecule has 1 aromatic carbocycles. The number of benzene rings is 1. The van der Waals surface area contributed by atoms with Crippen LogP contribution in [0.1, 0.15) is 25.8 Å². The first-order valence-electron chi connectivity index (χ1n) is 6.04. The van der Waals surface area contributed by atoms with Gasteiger partial charge in [0.15, 0.2) is 0 Å². The maximum atomic E-state index is 5.46. The normalized spacial score (nSPS) is 26.6. The third kappa shape index (κ3) is 2.83. The van der Waals surface area contributed by atoms with Crippen LogP contribution in [-0.4, -0.2) is 19.3 Å². The fraction of sp³-hybridized carbons (Fsp3) is 0.571. The Kier molecular flexibility index (Phi) is 4.10. The van der Waals surface area contributed by atoms with Gasteiger partial charge in [-0.15, -0.1) is 0 Å². The van der Waals surface area contributed by atoms with E-state index in [4.69, 9.17) is 4.74 Å². The monoisotopic (exact) mass is 345 g/mol. The van der Waals surface area contributed by atoms with Gasteiger partial charge in [0.25, 0.3) is 0 Å². The van der Waals surface area contributed by atoms with E-state index in [1.54, 1.807) is 0 Å². The Labute approximate surface area is 117 Å². The second-order valence-corrected chi connectivity index (χ2v) is 6.59. The third-order valence-electron chi connectivity index (χ3n) is 3.93. The van der Waals surface area contributed by atoms with Crippen LogP contribution in [0.3, 0.4) is 0 Å². The summed E-state index contributed by atoms with van der Waals surface area (Å²) in [6.45, 7) is 5.49. The van der Waals surface area contributed by atoms with Crippen molar-refractivity contribution in [1.29, 1.82) is 0 Å². The van der Waals surface area contributed by atoms with Gasteiger partial charge in [0.1, 0.15) is 0 Å². The van der Waals surface area contributed by atoms with Gasteiger partial charge in [-0.1, -0.05) is 26.0 Å². The molecule has 0 bridgehead atoms. The van der Waals surface area contributed by atoms with E-state index in [0.717, 1.165) is 13.0 Å². The van der Waals surface area contributed by atoms with Crippen molar-refractivity contribution in [2.75, 3.05) is 7.11 Å². The van der Waals surface area contributed by atoms with Crippen LogP contribution in [-0.2, 0) is 11.3 Å². The predicted molar refractivity (Wildman–Crippen MR) is 79.0 cm³/mol. The molecule has 0 spiro atoms. The zero-order valence-corrected chi connectivity index (χ0v) is 12.8. The largest absolute Gasteiger partial charge is 0.381 e. The summed E-state index contributed by atoms with van der Waals surface area (Å²) in [6.07, 6.45) is 1.52. The van der Waals surface area contributed by atoms with Crippen LogP contribution in [0.2, 0.25) is 0 Å². The van der Waals surface area contributed by atoms with Crippen molar-refractivity contribution in [3.05, 3.63) is 33.4 Å². The van der Waals surface area contributed by atoms with Crippen molar-refractivity contribution in [3.8, 4) is 0 Å². The lowest BCUT2D eigenvalue weighted by molar-refractivity contribution is -0.0979. The Morgan fingerprint density at radius 2 is 2.00 bits per heavy atom. The van der Waals surface area contributed by atoms with Crippen molar-refractivity contribution in [3.63, 3.8) is 0 Å². The third-order valence-corrected chi connectivity index (χ3v) is 4.65. The number of nitrogens with one attached hydrogen (secondary N) is 1. The molecule has 17 heavy (non-hydrogen) atoms. The highest BCUT2D eigenvalue weighted by atomic mass is 127. The number of rotatable bonds is 4. The summed E-state index contributed by atoms with van der Waals surface area (Å²) < 4.78 is 6.75. The van der Waals surface area contributed by atoms with E-state index < -0.39 is 0 Å². The molecule has 94 valence electrons. The number of methoxy groups -OCH3 is 1. The van der Waals surface area contributed by atoms with E-state index in [9.17, 15) is 0 Å². The van der Waals surface area contributed by atoms with Crippen molar-refractivity contribution >= 4 is 22.6 Å². The molecule has 0 amide bonds. The number of hydrogen-bond acceptors (Lipinski definition) is 2. The van der Waals surface area contributed by atoms with Gasteiger partial charge < -0.3 is 10.1 Å². The molecule has 1 aromatic rings. The van der Waals surface area contributed by atoms with E-state index in [1.165, 1.54) is 9.13 Å². The quantitative estimate of drug-likeness (QED) is 0.847. The average Bonchev–Trinajstić information content (AvgIpc) is 2.30. The minimum Gasteiger partial charge on any atom is -0.381 e. The van der Waals surface area contributed by atoms with E-state index in [0.29, 0.717) is 12.1 Å². The van der Waals surface area contributed by atoms with Gasteiger partial charge in [-0.25, -0.2) is 0 Å². The Hall–Kier alpha value is -0.130. The van der Waals surface area contributed by atoms with Crippen LogP contribution in [0.5, 0.6) is 0 Å². The zero-order chi connectivity index (χ0) is 12.5. The maximum Gasteiger partial charge on any atom is 0.0652 e. The van der Waals surface area contributed by atoms with Gasteiger partial charge in [-0.2, -0.15) is 0 Å². The van der Waals surface area contributed by atoms with Gasteiger partial charge in [0.2, 0.25) is 0 Å². The first-order valence-corrected chi connectivity index (χ1v) is 7.12. The summed E-state index contributed by atoms with van der Waals surface area (Å²) in [5.74, 6) is 0. The van der Waals surface area contributed by atoms with Crippen LogP contribution in [0.25, 0.3) is 0 Å². The minimum absolute atomic E-state index is 0.248. The number of ether oxygens (including phenoxy) is 1. The first-order chi connectivity index (χ1) is 8.04. The van der Waals surface area contributed by atoms with Crippen LogP contribution in [0.4, 0.5) is 0 Å². The van der Waals surface area contributed by atoms with Crippen molar-refractivity contribution in [2.24, 2.45) is 5.41 Å². The van der Waals surface area contributed by atoms with Crippen molar-refractivity contribution in [1.82, 2.24) is 5.32 Å². The second-order valence-electron chi connectivity index (χ2n) is 5.34. The standard InChI is InChI=1S/C14H20INO/c1-14(2)12(8-13(14)17-3)16-9-10-4-6-11(15)7-5-10/h4-7,12-13,16H,8-9H2,1-3H3. The summed E-state index contributed by atoms with van der Waals surface area (Å²) in [5, 5.41) is 3.63. The van der Waals surface area contributed by atoms with Crippen LogP contribution < -0.4 is 5.32 Å². The predicted octanol–water partition coefficient (Wildman–Crippen LogP) is 3.19. The molecular formula is C14H20INO. The zero-order valence-electron chi connectivity index (χ0n) is 10.7. The van der Waals surface area contributed by atoms with Gasteiger partial charge in [-0.05, 0) is 46.7 Å². The summed E-state index contributed by atoms with van der Waals surface area (Å²) in [4.78, 5) is 0. The second kappa shape index (κ2) is 5.24. The topological polar surface area (TPSA) is 21.3 Å². The number of hydrogen-bond donors (Lipinski definition) is 1. The molecule has 2 rings (SSSR count). The van der Waals surface area contributed by atoms with Gasteiger partial charge in [0.05, 0.1) is 6.10 Å². The van der Waals surface area contributed by atoms with E-state index in [1.807, 2.05) is 7.11 Å². The molecule has 1 N–H and O–H groups in total. The molecule has 1 fully saturated rings. The molecule has 0 heterocycles. The molecule has 1 aliphatic rings. The highest BCUT2D eigenvalue weighted by Gasteiger charge is 2.48. The van der Waals surface area contributed by atoms with Gasteiger partial charge >= 0.3 is 0 Å². The fourth-order valence-electron chi connectivity index (χ4n) is 2.48. The highest BCUT2D eigenvalue weighted by molar-refractivity contribution is 14.1. The van der Waals surface area contributed by atoms with E-state index in [-0.39, 0.29) is 5.41 Å². The Morgan fingerprint density at radius 1 is 1.35 bits per heavy atom. The molecule has 2 unspecified atom stereocenters. The molecule has 1 aliphatic carbocycles.